The molecule has 1 aromatic heterocycles. The molecule has 1 atom stereocenters. The second-order valence-electron chi connectivity index (χ2n) is 5.99. The van der Waals surface area contributed by atoms with E-state index in [9.17, 15) is 0 Å². The van der Waals surface area contributed by atoms with Crippen LogP contribution in [0.3, 0.4) is 0 Å². The van der Waals surface area contributed by atoms with E-state index in [4.69, 9.17) is 5.73 Å². The number of nitrogens with zero attached hydrogens (tertiary/aromatic N) is 4. The highest BCUT2D eigenvalue weighted by atomic mass is 15.3. The molecule has 0 aromatic carbocycles. The Morgan fingerprint density at radius 3 is 2.56 bits per heavy atom. The first-order valence-electron chi connectivity index (χ1n) is 6.23. The van der Waals surface area contributed by atoms with Crippen LogP contribution in [0.2, 0.25) is 0 Å². The molecule has 1 aromatic rings. The average Bonchev–Trinajstić information content (AvgIpc) is 2.64. The summed E-state index contributed by atoms with van der Waals surface area (Å²) in [5.41, 5.74) is 8.90. The number of aromatic nitrogens is 2. The fraction of sp³-hybridized carbons (Fsp3) is 0.615. The maximum Gasteiger partial charge on any atom is 0.125 e. The Labute approximate surface area is 108 Å². The van der Waals surface area contributed by atoms with Gasteiger partial charge in [0.1, 0.15) is 5.84 Å². The van der Waals surface area contributed by atoms with Gasteiger partial charge in [0.25, 0.3) is 0 Å². The van der Waals surface area contributed by atoms with Crippen molar-refractivity contribution in [2.45, 2.75) is 39.5 Å². The van der Waals surface area contributed by atoms with Gasteiger partial charge in [0.05, 0.1) is 11.4 Å². The lowest BCUT2D eigenvalue weighted by Gasteiger charge is -2.20. The van der Waals surface area contributed by atoms with Crippen molar-refractivity contribution in [3.05, 3.63) is 17.5 Å². The maximum atomic E-state index is 5.77. The second-order valence-corrected chi connectivity index (χ2v) is 5.99. The van der Waals surface area contributed by atoms with Crippen molar-refractivity contribution in [3.8, 4) is 0 Å². The van der Waals surface area contributed by atoms with Gasteiger partial charge in [0, 0.05) is 36.6 Å². The molecule has 0 saturated carbocycles. The van der Waals surface area contributed by atoms with E-state index in [1.54, 1.807) is 0 Å². The normalized spacial score (nSPS) is 20.6. The molecule has 0 aliphatic carbocycles. The molecule has 0 fully saturated rings. The zero-order chi connectivity index (χ0) is 13.5. The van der Waals surface area contributed by atoms with Crippen LogP contribution in [0.5, 0.6) is 0 Å². The largest absolute Gasteiger partial charge is 0.385 e. The summed E-state index contributed by atoms with van der Waals surface area (Å²) in [6, 6.07) is 0. The van der Waals surface area contributed by atoms with Gasteiger partial charge in [-0.15, -0.1) is 5.10 Å². The molecular formula is C13H21N5. The van der Waals surface area contributed by atoms with Gasteiger partial charge in [-0.2, -0.15) is 10.2 Å². The fourth-order valence-corrected chi connectivity index (χ4v) is 2.07. The molecule has 18 heavy (non-hydrogen) atoms. The Morgan fingerprint density at radius 1 is 1.33 bits per heavy atom. The van der Waals surface area contributed by atoms with E-state index in [2.05, 4.69) is 43.0 Å². The molecule has 0 radical (unpaired) electrons. The topological polar surface area (TPSA) is 68.6 Å². The second kappa shape index (κ2) is 4.23. The van der Waals surface area contributed by atoms with Crippen molar-refractivity contribution in [1.29, 1.82) is 0 Å². The molecule has 0 saturated heterocycles. The van der Waals surface area contributed by atoms with Gasteiger partial charge < -0.3 is 5.73 Å². The Kier molecular flexibility index (Phi) is 3.00. The summed E-state index contributed by atoms with van der Waals surface area (Å²) in [6.45, 7) is 8.54. The van der Waals surface area contributed by atoms with Crippen LogP contribution in [-0.2, 0) is 12.5 Å². The lowest BCUT2D eigenvalue weighted by molar-refractivity contribution is 0.552. The monoisotopic (exact) mass is 247 g/mol. The number of hydrogen-bond donors (Lipinski definition) is 1. The van der Waals surface area contributed by atoms with E-state index in [0.717, 1.165) is 23.4 Å². The molecule has 1 aliphatic rings. The first-order valence-corrected chi connectivity index (χ1v) is 6.23. The smallest absolute Gasteiger partial charge is 0.125 e. The summed E-state index contributed by atoms with van der Waals surface area (Å²) in [6.07, 6.45) is 2.84. The summed E-state index contributed by atoms with van der Waals surface area (Å²) in [7, 11) is 1.93. The van der Waals surface area contributed by atoms with Gasteiger partial charge in [0.15, 0.2) is 0 Å². The molecule has 1 unspecified atom stereocenters. The Morgan fingerprint density at radius 2 is 2.00 bits per heavy atom. The lowest BCUT2D eigenvalue weighted by atomic mass is 9.86. The third-order valence-electron chi connectivity index (χ3n) is 3.14. The highest BCUT2D eigenvalue weighted by Crippen LogP contribution is 2.27. The van der Waals surface area contributed by atoms with Gasteiger partial charge in [-0.1, -0.05) is 27.7 Å². The Hall–Kier alpha value is -1.65. The fourth-order valence-electron chi connectivity index (χ4n) is 2.07. The van der Waals surface area contributed by atoms with E-state index in [1.807, 2.05) is 17.9 Å². The van der Waals surface area contributed by atoms with Crippen LogP contribution in [0, 0.1) is 5.92 Å². The standard InChI is InChI=1S/C13H21N5/c1-8-6-10(15-16-12(8)14)9-7-18(5)17-11(9)13(2,3)4/h7-8H,6H2,1-5H3,(H2,14,16). The number of amidine groups is 1. The minimum absolute atomic E-state index is 0.00490. The lowest BCUT2D eigenvalue weighted by Crippen LogP contribution is -2.28. The van der Waals surface area contributed by atoms with Gasteiger partial charge in [-0.25, -0.2) is 0 Å². The maximum absolute atomic E-state index is 5.77. The molecule has 2 N–H and O–H groups in total. The van der Waals surface area contributed by atoms with Crippen molar-refractivity contribution in [2.75, 3.05) is 0 Å². The van der Waals surface area contributed by atoms with Crippen molar-refractivity contribution in [2.24, 2.45) is 28.9 Å². The SMILES string of the molecule is CC1CC(c2cn(C)nc2C(C)(C)C)=NN=C1N. The van der Waals surface area contributed by atoms with Crippen LogP contribution >= 0.6 is 0 Å². The van der Waals surface area contributed by atoms with Crippen LogP contribution in [0.15, 0.2) is 16.4 Å². The molecule has 5 nitrogen and oxygen atoms in total. The predicted molar refractivity (Wildman–Crippen MR) is 73.8 cm³/mol. The van der Waals surface area contributed by atoms with Crippen molar-refractivity contribution < 1.29 is 0 Å². The van der Waals surface area contributed by atoms with Crippen LogP contribution in [-0.4, -0.2) is 21.3 Å². The zero-order valence-corrected chi connectivity index (χ0v) is 11.7. The number of aryl methyl sites for hydroxylation is 1. The number of rotatable bonds is 1. The van der Waals surface area contributed by atoms with E-state index in [-0.39, 0.29) is 11.3 Å². The molecule has 2 heterocycles. The third kappa shape index (κ3) is 2.30. The summed E-state index contributed by atoms with van der Waals surface area (Å²) in [4.78, 5) is 0. The van der Waals surface area contributed by atoms with E-state index in [0.29, 0.717) is 5.84 Å². The summed E-state index contributed by atoms with van der Waals surface area (Å²) in [5, 5.41) is 12.8. The number of nitrogens with two attached hydrogens (primary N) is 1. The molecule has 2 rings (SSSR count). The summed E-state index contributed by atoms with van der Waals surface area (Å²) >= 11 is 0. The predicted octanol–water partition coefficient (Wildman–Crippen LogP) is 1.82. The van der Waals surface area contributed by atoms with E-state index in [1.165, 1.54) is 0 Å². The van der Waals surface area contributed by atoms with Gasteiger partial charge in [0.2, 0.25) is 0 Å². The highest BCUT2D eigenvalue weighted by molar-refractivity contribution is 6.05. The molecule has 1 aliphatic heterocycles. The van der Waals surface area contributed by atoms with Crippen molar-refractivity contribution >= 4 is 11.5 Å². The van der Waals surface area contributed by atoms with Crippen LogP contribution < -0.4 is 5.73 Å². The van der Waals surface area contributed by atoms with Crippen LogP contribution in [0.25, 0.3) is 0 Å². The van der Waals surface area contributed by atoms with Gasteiger partial charge in [-0.05, 0) is 0 Å². The van der Waals surface area contributed by atoms with Crippen LogP contribution in [0.4, 0.5) is 0 Å². The quantitative estimate of drug-likeness (QED) is 0.822. The Bertz CT molecular complexity index is 516. The van der Waals surface area contributed by atoms with Crippen molar-refractivity contribution in [1.82, 2.24) is 9.78 Å². The summed E-state index contributed by atoms with van der Waals surface area (Å²) < 4.78 is 1.84. The first kappa shape index (κ1) is 12.8. The third-order valence-corrected chi connectivity index (χ3v) is 3.14. The zero-order valence-electron chi connectivity index (χ0n) is 11.7. The van der Waals surface area contributed by atoms with Crippen molar-refractivity contribution in [3.63, 3.8) is 0 Å². The van der Waals surface area contributed by atoms with Crippen LogP contribution in [0.1, 0.15) is 45.4 Å². The number of hydrogen-bond acceptors (Lipinski definition) is 4. The summed E-state index contributed by atoms with van der Waals surface area (Å²) in [5.74, 6) is 0.852. The molecule has 98 valence electrons. The van der Waals surface area contributed by atoms with E-state index < -0.39 is 0 Å². The van der Waals surface area contributed by atoms with Gasteiger partial charge in [-0.3, -0.25) is 4.68 Å². The highest BCUT2D eigenvalue weighted by Gasteiger charge is 2.27. The molecular weight excluding hydrogens is 226 g/mol. The minimum atomic E-state index is -0.00490. The molecule has 0 bridgehead atoms. The minimum Gasteiger partial charge on any atom is -0.385 e. The van der Waals surface area contributed by atoms with Gasteiger partial charge >= 0.3 is 0 Å². The van der Waals surface area contributed by atoms with E-state index >= 15 is 0 Å². The Balaban J connectivity index is 2.47. The first-order chi connectivity index (χ1) is 8.29. The average molecular weight is 247 g/mol. The molecule has 0 spiro atoms. The molecule has 0 amide bonds. The molecule has 5 heteroatoms.